The number of carbonyl (C=O) groups is 2. The zero-order chi connectivity index (χ0) is 25.9. The van der Waals surface area contributed by atoms with Gasteiger partial charge >= 0.3 is 6.09 Å². The number of halogens is 1. The molecule has 12 nitrogen and oxygen atoms in total. The van der Waals surface area contributed by atoms with E-state index in [1.165, 1.54) is 12.0 Å². The van der Waals surface area contributed by atoms with Crippen LogP contribution in [-0.4, -0.2) is 92.6 Å². The summed E-state index contributed by atoms with van der Waals surface area (Å²) in [6.45, 7) is 0.445. The van der Waals surface area contributed by atoms with Crippen LogP contribution in [0.1, 0.15) is 32.1 Å². The maximum atomic E-state index is 14.0. The normalized spacial score (nSPS) is 26.6. The maximum Gasteiger partial charge on any atom is 0.410 e. The van der Waals surface area contributed by atoms with Gasteiger partial charge in [0.1, 0.15) is 12.6 Å². The average molecular weight is 532 g/mol. The summed E-state index contributed by atoms with van der Waals surface area (Å²) < 4.78 is 57.7. The van der Waals surface area contributed by atoms with Crippen LogP contribution in [-0.2, 0) is 33.9 Å². The highest BCUT2D eigenvalue weighted by Gasteiger charge is 2.55. The molecule has 0 aliphatic carbocycles. The van der Waals surface area contributed by atoms with Crippen LogP contribution in [0.2, 0.25) is 0 Å². The Bertz CT molecular complexity index is 1070. The van der Waals surface area contributed by atoms with Gasteiger partial charge in [0.15, 0.2) is 17.9 Å². The molecule has 0 aromatic heterocycles. The van der Waals surface area contributed by atoms with Crippen LogP contribution in [0.25, 0.3) is 0 Å². The van der Waals surface area contributed by atoms with Crippen molar-refractivity contribution in [3.63, 3.8) is 0 Å². The summed E-state index contributed by atoms with van der Waals surface area (Å²) in [7, 11) is -2.94. The molecule has 4 atom stereocenters. The molecular weight excluding hydrogens is 501 g/mol. The monoisotopic (exact) mass is 531 g/mol. The number of hydrogen-bond donors (Lipinski definition) is 2. The molecule has 3 saturated heterocycles. The molecular formula is C22H30FN3O9S. The lowest BCUT2D eigenvalue weighted by Crippen LogP contribution is -2.66. The van der Waals surface area contributed by atoms with Crippen LogP contribution in [0.3, 0.4) is 0 Å². The number of fused-ring (bicyclic) bond motifs is 2. The van der Waals surface area contributed by atoms with E-state index in [1.54, 1.807) is 0 Å². The van der Waals surface area contributed by atoms with Crippen molar-refractivity contribution in [2.45, 2.75) is 61.4 Å². The molecule has 3 aliphatic rings. The third-order valence-corrected chi connectivity index (χ3v) is 8.40. The Morgan fingerprint density at radius 3 is 2.72 bits per heavy atom. The number of phenols is 1. The first-order chi connectivity index (χ1) is 17.2. The fraction of sp³-hybridized carbons (Fsp3) is 0.636. The highest BCUT2D eigenvalue weighted by Crippen LogP contribution is 2.38. The van der Waals surface area contributed by atoms with Gasteiger partial charge in [-0.2, -0.15) is 4.31 Å². The number of ether oxygens (including phenoxy) is 3. The van der Waals surface area contributed by atoms with Crippen molar-refractivity contribution < 1.29 is 46.6 Å². The minimum atomic E-state index is -4.40. The Balaban J connectivity index is 1.61. The number of methoxy groups -OCH3 is 1. The lowest BCUT2D eigenvalue weighted by molar-refractivity contribution is -0.203. The van der Waals surface area contributed by atoms with Crippen LogP contribution in [0.4, 0.5) is 9.18 Å². The van der Waals surface area contributed by atoms with Crippen LogP contribution in [0, 0.1) is 5.82 Å². The van der Waals surface area contributed by atoms with Crippen molar-refractivity contribution >= 4 is 22.0 Å². The number of phenolic OH excluding ortho intramolecular Hbond substituents is 1. The topological polar surface area (TPSA) is 144 Å². The molecule has 14 heteroatoms. The van der Waals surface area contributed by atoms with Gasteiger partial charge in [0.25, 0.3) is 5.91 Å². The van der Waals surface area contributed by atoms with Gasteiger partial charge in [-0.3, -0.25) is 9.69 Å². The van der Waals surface area contributed by atoms with Crippen LogP contribution in [0.5, 0.6) is 5.75 Å². The van der Waals surface area contributed by atoms with Crippen molar-refractivity contribution in [1.82, 2.24) is 14.7 Å². The highest BCUT2D eigenvalue weighted by molar-refractivity contribution is 7.89. The van der Waals surface area contributed by atoms with E-state index in [0.717, 1.165) is 29.3 Å². The molecule has 0 saturated carbocycles. The molecule has 4 rings (SSSR count). The number of carbonyl (C=O) groups excluding carboxylic acids is 2. The van der Waals surface area contributed by atoms with E-state index in [2.05, 4.69) is 5.48 Å². The van der Waals surface area contributed by atoms with Gasteiger partial charge in [0.2, 0.25) is 10.0 Å². The number of amides is 2. The van der Waals surface area contributed by atoms with Crippen molar-refractivity contribution in [1.29, 1.82) is 0 Å². The largest absolute Gasteiger partial charge is 0.505 e. The highest BCUT2D eigenvalue weighted by atomic mass is 32.2. The molecule has 2 amide bonds. The number of rotatable bonds is 8. The second-order valence-corrected chi connectivity index (χ2v) is 10.7. The van der Waals surface area contributed by atoms with Crippen molar-refractivity contribution in [2.24, 2.45) is 0 Å². The van der Waals surface area contributed by atoms with Gasteiger partial charge in [-0.25, -0.2) is 27.9 Å². The van der Waals surface area contributed by atoms with Gasteiger partial charge in [-0.15, -0.1) is 0 Å². The van der Waals surface area contributed by atoms with Gasteiger partial charge in [0.05, 0.1) is 17.5 Å². The van der Waals surface area contributed by atoms with Crippen LogP contribution >= 0.6 is 0 Å². The average Bonchev–Trinajstić information content (AvgIpc) is 3.17. The Hall–Kier alpha value is -2.52. The third-order valence-electron chi connectivity index (χ3n) is 6.56. The molecule has 2 N–H and O–H groups in total. The summed E-state index contributed by atoms with van der Waals surface area (Å²) in [6, 6.07) is -0.0791. The quantitative estimate of drug-likeness (QED) is 0.372. The Kier molecular flexibility index (Phi) is 8.30. The predicted octanol–water partition coefficient (Wildman–Crippen LogP) is 1.09. The molecule has 3 heterocycles. The number of nitrogens with zero attached hydrogens (tertiary/aromatic N) is 2. The van der Waals surface area contributed by atoms with E-state index < -0.39 is 62.9 Å². The number of aromatic hydroxyl groups is 1. The first kappa shape index (κ1) is 26.5. The lowest BCUT2D eigenvalue weighted by atomic mass is 10.1. The van der Waals surface area contributed by atoms with Crippen LogP contribution < -0.4 is 5.48 Å². The zero-order valence-corrected chi connectivity index (χ0v) is 20.6. The molecule has 2 unspecified atom stereocenters. The summed E-state index contributed by atoms with van der Waals surface area (Å²) in [5, 5.41) is 9.49. The molecule has 3 fully saturated rings. The van der Waals surface area contributed by atoms with E-state index in [4.69, 9.17) is 19.0 Å². The second-order valence-electron chi connectivity index (χ2n) is 8.83. The fourth-order valence-corrected chi connectivity index (χ4v) is 6.48. The molecule has 36 heavy (non-hydrogen) atoms. The van der Waals surface area contributed by atoms with E-state index in [-0.39, 0.29) is 19.8 Å². The summed E-state index contributed by atoms with van der Waals surface area (Å²) in [5.41, 5.74) is 2.31. The van der Waals surface area contributed by atoms with Gasteiger partial charge < -0.3 is 19.3 Å². The predicted molar refractivity (Wildman–Crippen MR) is 120 cm³/mol. The smallest absolute Gasteiger partial charge is 0.410 e. The second kappa shape index (κ2) is 11.3. The number of benzene rings is 1. The van der Waals surface area contributed by atoms with Crippen molar-refractivity contribution in [3.05, 3.63) is 24.0 Å². The Labute approximate surface area is 208 Å². The first-order valence-corrected chi connectivity index (χ1v) is 13.2. The number of nitrogens with one attached hydrogen (secondary N) is 1. The molecule has 0 radical (unpaired) electrons. The van der Waals surface area contributed by atoms with Crippen molar-refractivity contribution in [2.75, 3.05) is 33.5 Å². The summed E-state index contributed by atoms with van der Waals surface area (Å²) >= 11 is 0. The first-order valence-electron chi connectivity index (χ1n) is 11.8. The third kappa shape index (κ3) is 5.42. The minimum Gasteiger partial charge on any atom is -0.505 e. The minimum absolute atomic E-state index is 0.000928. The van der Waals surface area contributed by atoms with Gasteiger partial charge in [-0.1, -0.05) is 0 Å². The van der Waals surface area contributed by atoms with Crippen molar-refractivity contribution in [3.8, 4) is 5.75 Å². The van der Waals surface area contributed by atoms with E-state index >= 15 is 0 Å². The summed E-state index contributed by atoms with van der Waals surface area (Å²) in [4.78, 5) is 32.5. The van der Waals surface area contributed by atoms with Gasteiger partial charge in [-0.05, 0) is 43.9 Å². The molecule has 3 aliphatic heterocycles. The Morgan fingerprint density at radius 2 is 2.03 bits per heavy atom. The number of piperazine rings is 1. The zero-order valence-electron chi connectivity index (χ0n) is 19.8. The maximum absolute atomic E-state index is 14.0. The molecule has 1 aromatic carbocycles. The van der Waals surface area contributed by atoms with Crippen LogP contribution in [0.15, 0.2) is 23.1 Å². The molecule has 0 spiro atoms. The Morgan fingerprint density at radius 1 is 1.22 bits per heavy atom. The van der Waals surface area contributed by atoms with E-state index in [9.17, 15) is 27.5 Å². The van der Waals surface area contributed by atoms with E-state index in [1.807, 2.05) is 0 Å². The molecule has 200 valence electrons. The fourth-order valence-electron chi connectivity index (χ4n) is 4.81. The van der Waals surface area contributed by atoms with E-state index in [0.29, 0.717) is 31.9 Å². The lowest BCUT2D eigenvalue weighted by Gasteiger charge is -2.44. The summed E-state index contributed by atoms with van der Waals surface area (Å²) in [5.74, 6) is -2.60. The number of hydroxylamine groups is 1. The number of hydrogen-bond acceptors (Lipinski definition) is 9. The number of sulfonamides is 1. The van der Waals surface area contributed by atoms with Gasteiger partial charge in [0, 0.05) is 32.7 Å². The molecule has 2 bridgehead atoms. The molecule has 1 aromatic rings. The standard InChI is InChI=1S/C22H30FN3O9S/c1-32-10-11-34-22(29)26-14-5-7-17(26)20(21(28)24-35-19-4-2-3-9-33-19)25(13-14)36(30,31)15-6-8-18(27)16(23)12-15/h6,8,12,14,17,19-20,27H,2-5,7,9-11,13H2,1H3,(H,24,28)/t14-,17?,19?,20-/m1/s1. The SMILES string of the molecule is COCCOC(=O)N1C2CC[C@@H]1CN(S(=O)(=O)c1ccc(O)c(F)c1)[C@H]2C(=O)NOC1CCCCO1. The summed E-state index contributed by atoms with van der Waals surface area (Å²) in [6.07, 6.45) is 1.71.